The van der Waals surface area contributed by atoms with Crippen LogP contribution < -0.4 is 0 Å². The van der Waals surface area contributed by atoms with Crippen molar-refractivity contribution in [2.75, 3.05) is 19.8 Å². The first-order valence-corrected chi connectivity index (χ1v) is 5.99. The second kappa shape index (κ2) is 4.47. The van der Waals surface area contributed by atoms with Gasteiger partial charge in [0.15, 0.2) is 0 Å². The van der Waals surface area contributed by atoms with E-state index in [-0.39, 0.29) is 0 Å². The summed E-state index contributed by atoms with van der Waals surface area (Å²) in [6, 6.07) is 0. The monoisotopic (exact) mass is 219 g/mol. The number of aromatic nitrogens is 2. The van der Waals surface area contributed by atoms with E-state index in [0.717, 1.165) is 32.8 Å². The van der Waals surface area contributed by atoms with Crippen LogP contribution in [0.3, 0.4) is 0 Å². The van der Waals surface area contributed by atoms with Gasteiger partial charge in [0.2, 0.25) is 0 Å². The van der Waals surface area contributed by atoms with Gasteiger partial charge >= 0.3 is 0 Å². The Balaban J connectivity index is 1.59. The lowest BCUT2D eigenvalue weighted by Gasteiger charge is -2.26. The summed E-state index contributed by atoms with van der Waals surface area (Å²) in [5.74, 6) is 0.705. The van der Waals surface area contributed by atoms with Crippen molar-refractivity contribution in [1.29, 1.82) is 0 Å². The zero-order valence-corrected chi connectivity index (χ0v) is 9.43. The van der Waals surface area contributed by atoms with Gasteiger partial charge in [-0.1, -0.05) is 0 Å². The molecule has 0 amide bonds. The van der Waals surface area contributed by atoms with Gasteiger partial charge in [0.1, 0.15) is 6.33 Å². The highest BCUT2D eigenvalue weighted by Gasteiger charge is 2.24. The molecule has 0 bridgehead atoms. The molecule has 16 heavy (non-hydrogen) atoms. The molecule has 1 fully saturated rings. The molecule has 2 aliphatic heterocycles. The zero-order chi connectivity index (χ0) is 10.8. The molecule has 1 saturated heterocycles. The van der Waals surface area contributed by atoms with Crippen LogP contribution in [0, 0.1) is 5.92 Å². The largest absolute Gasteiger partial charge is 0.381 e. The molecule has 0 spiro atoms. The molecule has 3 rings (SSSR count). The van der Waals surface area contributed by atoms with Crippen LogP contribution in [-0.4, -0.2) is 34.6 Å². The van der Waals surface area contributed by atoms with Gasteiger partial charge in [-0.3, -0.25) is 4.90 Å². The molecule has 4 heteroatoms. The molecular weight excluding hydrogens is 202 g/mol. The fraction of sp³-hybridized carbons (Fsp3) is 0.667. The first-order valence-electron chi connectivity index (χ1n) is 5.99. The molecule has 0 N–H and O–H groups in total. The number of ether oxygens (including phenoxy) is 1. The van der Waals surface area contributed by atoms with E-state index in [2.05, 4.69) is 14.9 Å². The number of hydrogen-bond donors (Lipinski definition) is 0. The van der Waals surface area contributed by atoms with Crippen molar-refractivity contribution in [3.8, 4) is 0 Å². The Kier molecular flexibility index (Phi) is 2.84. The lowest BCUT2D eigenvalue weighted by Crippen LogP contribution is -2.30. The molecule has 1 aromatic heterocycles. The van der Waals surface area contributed by atoms with E-state index in [0.29, 0.717) is 5.92 Å². The molecule has 0 radical (unpaired) electrons. The van der Waals surface area contributed by atoms with E-state index < -0.39 is 0 Å². The van der Waals surface area contributed by atoms with Gasteiger partial charge in [0, 0.05) is 38.0 Å². The average Bonchev–Trinajstić information content (AvgIpc) is 2.72. The van der Waals surface area contributed by atoms with Gasteiger partial charge in [-0.15, -0.1) is 0 Å². The summed E-state index contributed by atoms with van der Waals surface area (Å²) in [6.45, 7) is 5.00. The Morgan fingerprint density at radius 1 is 1.44 bits per heavy atom. The maximum atomic E-state index is 5.51. The molecule has 1 atom stereocenters. The second-order valence-corrected chi connectivity index (χ2v) is 4.75. The maximum absolute atomic E-state index is 5.51. The summed E-state index contributed by atoms with van der Waals surface area (Å²) in [5.41, 5.74) is 2.49. The topological polar surface area (TPSA) is 38.2 Å². The quantitative estimate of drug-likeness (QED) is 0.749. The number of nitrogens with zero attached hydrogens (tertiary/aromatic N) is 3. The van der Waals surface area contributed by atoms with Gasteiger partial charge in [0.25, 0.3) is 0 Å². The van der Waals surface area contributed by atoms with Crippen LogP contribution in [0.2, 0.25) is 0 Å². The summed E-state index contributed by atoms with van der Waals surface area (Å²) < 4.78 is 5.51. The molecule has 86 valence electrons. The third kappa shape index (κ3) is 2.08. The summed E-state index contributed by atoms with van der Waals surface area (Å²) in [7, 11) is 0. The van der Waals surface area contributed by atoms with Crippen molar-refractivity contribution < 1.29 is 4.74 Å². The summed E-state index contributed by atoms with van der Waals surface area (Å²) in [4.78, 5) is 10.9. The molecule has 1 aromatic rings. The van der Waals surface area contributed by atoms with Crippen LogP contribution >= 0.6 is 0 Å². The van der Waals surface area contributed by atoms with Gasteiger partial charge < -0.3 is 4.74 Å². The average molecular weight is 219 g/mol. The predicted molar refractivity (Wildman–Crippen MR) is 59.7 cm³/mol. The van der Waals surface area contributed by atoms with Crippen molar-refractivity contribution in [2.45, 2.75) is 25.9 Å². The first kappa shape index (κ1) is 10.2. The first-order chi connectivity index (χ1) is 7.92. The molecule has 1 unspecified atom stereocenters. The Hall–Kier alpha value is -1.00. The van der Waals surface area contributed by atoms with E-state index in [1.54, 1.807) is 6.33 Å². The maximum Gasteiger partial charge on any atom is 0.115 e. The van der Waals surface area contributed by atoms with Crippen LogP contribution in [0.1, 0.15) is 24.1 Å². The Bertz CT molecular complexity index is 338. The highest BCUT2D eigenvalue weighted by Crippen LogP contribution is 2.23. The highest BCUT2D eigenvalue weighted by molar-refractivity contribution is 5.20. The SMILES string of the molecule is c1ncc2c(n1)CN(CC1CCCOC1)C2. The van der Waals surface area contributed by atoms with Gasteiger partial charge in [-0.2, -0.15) is 0 Å². The normalized spacial score (nSPS) is 25.6. The van der Waals surface area contributed by atoms with E-state index >= 15 is 0 Å². The van der Waals surface area contributed by atoms with Crippen LogP contribution in [0.5, 0.6) is 0 Å². The summed E-state index contributed by atoms with van der Waals surface area (Å²) in [6.07, 6.45) is 6.11. The van der Waals surface area contributed by atoms with E-state index in [1.165, 1.54) is 24.1 Å². The smallest absolute Gasteiger partial charge is 0.115 e. The lowest BCUT2D eigenvalue weighted by molar-refractivity contribution is 0.0378. The fourth-order valence-corrected chi connectivity index (χ4v) is 2.61. The predicted octanol–water partition coefficient (Wildman–Crippen LogP) is 1.22. The number of fused-ring (bicyclic) bond motifs is 1. The van der Waals surface area contributed by atoms with Crippen LogP contribution in [0.4, 0.5) is 0 Å². The van der Waals surface area contributed by atoms with Crippen LogP contribution in [0.25, 0.3) is 0 Å². The standard InChI is InChI=1S/C12H17N3O/c1-2-10(8-16-3-1)5-15-6-11-4-13-9-14-12(11)7-15/h4,9-10H,1-3,5-8H2. The van der Waals surface area contributed by atoms with E-state index in [9.17, 15) is 0 Å². The number of hydrogen-bond acceptors (Lipinski definition) is 4. The summed E-state index contributed by atoms with van der Waals surface area (Å²) >= 11 is 0. The van der Waals surface area contributed by atoms with Crippen LogP contribution in [0.15, 0.2) is 12.5 Å². The Labute approximate surface area is 95.7 Å². The fourth-order valence-electron chi connectivity index (χ4n) is 2.61. The van der Waals surface area contributed by atoms with Gasteiger partial charge in [0.05, 0.1) is 12.3 Å². The van der Waals surface area contributed by atoms with Gasteiger partial charge in [-0.25, -0.2) is 9.97 Å². The molecule has 0 saturated carbocycles. The minimum atomic E-state index is 0.705. The van der Waals surface area contributed by atoms with Crippen LogP contribution in [-0.2, 0) is 17.8 Å². The minimum Gasteiger partial charge on any atom is -0.381 e. The molecular formula is C12H17N3O. The second-order valence-electron chi connectivity index (χ2n) is 4.75. The molecule has 3 heterocycles. The molecule has 0 aliphatic carbocycles. The zero-order valence-electron chi connectivity index (χ0n) is 9.43. The minimum absolute atomic E-state index is 0.705. The van der Waals surface area contributed by atoms with E-state index in [4.69, 9.17) is 4.74 Å². The molecule has 2 aliphatic rings. The summed E-state index contributed by atoms with van der Waals surface area (Å²) in [5, 5.41) is 0. The van der Waals surface area contributed by atoms with Crippen molar-refractivity contribution in [2.24, 2.45) is 5.92 Å². The third-order valence-corrected chi connectivity index (χ3v) is 3.42. The van der Waals surface area contributed by atoms with Crippen molar-refractivity contribution in [3.63, 3.8) is 0 Å². The Morgan fingerprint density at radius 3 is 3.25 bits per heavy atom. The van der Waals surface area contributed by atoms with Crippen molar-refractivity contribution in [1.82, 2.24) is 14.9 Å². The lowest BCUT2D eigenvalue weighted by atomic mass is 10.0. The number of rotatable bonds is 2. The Morgan fingerprint density at radius 2 is 2.44 bits per heavy atom. The highest BCUT2D eigenvalue weighted by atomic mass is 16.5. The molecule has 0 aromatic carbocycles. The molecule has 4 nitrogen and oxygen atoms in total. The van der Waals surface area contributed by atoms with Crippen molar-refractivity contribution in [3.05, 3.63) is 23.8 Å². The van der Waals surface area contributed by atoms with Gasteiger partial charge in [-0.05, 0) is 18.8 Å². The van der Waals surface area contributed by atoms with Crippen molar-refractivity contribution >= 4 is 0 Å². The van der Waals surface area contributed by atoms with E-state index in [1.807, 2.05) is 6.20 Å². The third-order valence-electron chi connectivity index (χ3n) is 3.42.